The first-order valence-electron chi connectivity index (χ1n) is 3.89. The highest BCUT2D eigenvalue weighted by Crippen LogP contribution is 2.05. The molecule has 10 heavy (non-hydrogen) atoms. The highest BCUT2D eigenvalue weighted by molar-refractivity contribution is 5.79. The number of hydrogen-bond donors (Lipinski definition) is 0. The first-order valence-corrected chi connectivity index (χ1v) is 3.89. The summed E-state index contributed by atoms with van der Waals surface area (Å²) in [6.45, 7) is 5.75. The second-order valence-electron chi connectivity index (χ2n) is 2.46. The van der Waals surface area contributed by atoms with Gasteiger partial charge in [0, 0.05) is 5.92 Å². The molecule has 0 saturated carbocycles. The van der Waals surface area contributed by atoms with E-state index in [-0.39, 0.29) is 11.7 Å². The van der Waals surface area contributed by atoms with Gasteiger partial charge in [0.1, 0.15) is 5.78 Å². The standard InChI is InChI=1S/C9H16O/c1-4-6-7-9(5-2)8(3)10/h6-7,9H,4-5H2,1-3H3/b7-6-. The molecule has 0 saturated heterocycles. The number of rotatable bonds is 4. The van der Waals surface area contributed by atoms with E-state index in [1.165, 1.54) is 0 Å². The molecule has 0 N–H and O–H groups in total. The summed E-state index contributed by atoms with van der Waals surface area (Å²) < 4.78 is 0. The zero-order valence-electron chi connectivity index (χ0n) is 7.05. The maximum absolute atomic E-state index is 10.8. The van der Waals surface area contributed by atoms with Gasteiger partial charge < -0.3 is 0 Å². The number of Topliss-reactive ketones (excluding diaryl/α,β-unsaturated/α-hetero) is 1. The molecule has 0 aromatic rings. The van der Waals surface area contributed by atoms with Gasteiger partial charge in [-0.15, -0.1) is 0 Å². The lowest BCUT2D eigenvalue weighted by atomic mass is 10.0. The van der Waals surface area contributed by atoms with Crippen LogP contribution in [0.25, 0.3) is 0 Å². The summed E-state index contributed by atoms with van der Waals surface area (Å²) in [4.78, 5) is 10.8. The first kappa shape index (κ1) is 9.41. The van der Waals surface area contributed by atoms with E-state index in [0.717, 1.165) is 12.8 Å². The minimum atomic E-state index is 0.153. The molecule has 1 atom stereocenters. The van der Waals surface area contributed by atoms with Gasteiger partial charge in [-0.3, -0.25) is 4.79 Å². The number of allylic oxidation sites excluding steroid dienone is 2. The average molecular weight is 140 g/mol. The Bertz CT molecular complexity index is 125. The molecule has 0 aromatic heterocycles. The van der Waals surface area contributed by atoms with E-state index >= 15 is 0 Å². The maximum Gasteiger partial charge on any atom is 0.136 e. The Hall–Kier alpha value is -0.590. The predicted octanol–water partition coefficient (Wildman–Crippen LogP) is 2.57. The number of carbonyl (C=O) groups excluding carboxylic acids is 1. The van der Waals surface area contributed by atoms with Crippen LogP contribution < -0.4 is 0 Å². The van der Waals surface area contributed by atoms with Crippen LogP contribution in [-0.4, -0.2) is 5.78 Å². The number of hydrogen-bond acceptors (Lipinski definition) is 1. The van der Waals surface area contributed by atoms with Crippen molar-refractivity contribution >= 4 is 5.78 Å². The molecule has 0 fully saturated rings. The van der Waals surface area contributed by atoms with Gasteiger partial charge >= 0.3 is 0 Å². The van der Waals surface area contributed by atoms with E-state index in [4.69, 9.17) is 0 Å². The summed E-state index contributed by atoms with van der Waals surface area (Å²) in [7, 11) is 0. The van der Waals surface area contributed by atoms with Gasteiger partial charge in [0.25, 0.3) is 0 Å². The summed E-state index contributed by atoms with van der Waals surface area (Å²) in [5, 5.41) is 0. The van der Waals surface area contributed by atoms with E-state index in [1.54, 1.807) is 6.92 Å². The maximum atomic E-state index is 10.8. The summed E-state index contributed by atoms with van der Waals surface area (Å²) >= 11 is 0. The van der Waals surface area contributed by atoms with Crippen molar-refractivity contribution in [3.05, 3.63) is 12.2 Å². The van der Waals surface area contributed by atoms with Crippen LogP contribution in [0.4, 0.5) is 0 Å². The van der Waals surface area contributed by atoms with Crippen molar-refractivity contribution in [1.29, 1.82) is 0 Å². The van der Waals surface area contributed by atoms with Crippen molar-refractivity contribution in [3.8, 4) is 0 Å². The predicted molar refractivity (Wildman–Crippen MR) is 43.9 cm³/mol. The minimum absolute atomic E-state index is 0.153. The number of ketones is 1. The van der Waals surface area contributed by atoms with E-state index < -0.39 is 0 Å². The van der Waals surface area contributed by atoms with E-state index in [9.17, 15) is 4.79 Å². The van der Waals surface area contributed by atoms with Crippen LogP contribution in [-0.2, 0) is 4.79 Å². The van der Waals surface area contributed by atoms with Gasteiger partial charge in [-0.1, -0.05) is 26.0 Å². The normalized spacial score (nSPS) is 13.9. The molecule has 0 amide bonds. The van der Waals surface area contributed by atoms with Crippen LogP contribution in [0, 0.1) is 5.92 Å². The van der Waals surface area contributed by atoms with Gasteiger partial charge in [0.15, 0.2) is 0 Å². The van der Waals surface area contributed by atoms with Gasteiger partial charge in [0.05, 0.1) is 0 Å². The summed E-state index contributed by atoms with van der Waals surface area (Å²) in [5.41, 5.74) is 0. The Morgan fingerprint density at radius 1 is 1.50 bits per heavy atom. The molecule has 0 aliphatic rings. The highest BCUT2D eigenvalue weighted by Gasteiger charge is 2.05. The molecule has 1 unspecified atom stereocenters. The molecule has 1 nitrogen and oxygen atoms in total. The van der Waals surface area contributed by atoms with Crippen molar-refractivity contribution in [1.82, 2.24) is 0 Å². The van der Waals surface area contributed by atoms with Gasteiger partial charge in [-0.2, -0.15) is 0 Å². The highest BCUT2D eigenvalue weighted by atomic mass is 16.1. The van der Waals surface area contributed by atoms with Crippen LogP contribution in [0.5, 0.6) is 0 Å². The van der Waals surface area contributed by atoms with E-state index in [1.807, 2.05) is 13.0 Å². The quantitative estimate of drug-likeness (QED) is 0.548. The molecule has 1 heteroatoms. The molecule has 0 spiro atoms. The second kappa shape index (κ2) is 5.21. The Balaban J connectivity index is 3.83. The third-order valence-corrected chi connectivity index (χ3v) is 1.57. The number of carbonyl (C=O) groups is 1. The Morgan fingerprint density at radius 2 is 2.10 bits per heavy atom. The summed E-state index contributed by atoms with van der Waals surface area (Å²) in [5.74, 6) is 0.423. The molecule has 0 radical (unpaired) electrons. The van der Waals surface area contributed by atoms with Crippen molar-refractivity contribution in [2.75, 3.05) is 0 Å². The lowest BCUT2D eigenvalue weighted by Crippen LogP contribution is -2.05. The third kappa shape index (κ3) is 3.44. The minimum Gasteiger partial charge on any atom is -0.299 e. The molecule has 58 valence electrons. The van der Waals surface area contributed by atoms with E-state index in [2.05, 4.69) is 13.0 Å². The third-order valence-electron chi connectivity index (χ3n) is 1.57. The van der Waals surface area contributed by atoms with Crippen LogP contribution in [0.3, 0.4) is 0 Å². The Kier molecular flexibility index (Phi) is 4.91. The monoisotopic (exact) mass is 140 g/mol. The van der Waals surface area contributed by atoms with Gasteiger partial charge in [0.2, 0.25) is 0 Å². The summed E-state index contributed by atoms with van der Waals surface area (Å²) in [6, 6.07) is 0. The Morgan fingerprint density at radius 3 is 2.40 bits per heavy atom. The van der Waals surface area contributed by atoms with E-state index in [0.29, 0.717) is 0 Å². The molecule has 0 rings (SSSR count). The van der Waals surface area contributed by atoms with Crippen LogP contribution in [0.1, 0.15) is 33.6 Å². The molecular weight excluding hydrogens is 124 g/mol. The average Bonchev–Trinajstić information content (AvgIpc) is 1.89. The van der Waals surface area contributed by atoms with Crippen LogP contribution in [0.2, 0.25) is 0 Å². The molecule has 0 bridgehead atoms. The second-order valence-corrected chi connectivity index (χ2v) is 2.46. The van der Waals surface area contributed by atoms with Gasteiger partial charge in [-0.25, -0.2) is 0 Å². The van der Waals surface area contributed by atoms with Crippen molar-refractivity contribution in [3.63, 3.8) is 0 Å². The Labute approximate surface area is 63.1 Å². The molecule has 0 aliphatic carbocycles. The van der Waals surface area contributed by atoms with Crippen molar-refractivity contribution in [2.24, 2.45) is 5.92 Å². The fourth-order valence-corrected chi connectivity index (χ4v) is 0.859. The first-order chi connectivity index (χ1) is 4.72. The largest absolute Gasteiger partial charge is 0.299 e. The lowest BCUT2D eigenvalue weighted by molar-refractivity contribution is -0.119. The SMILES string of the molecule is CC/C=C\C(CC)C(C)=O. The smallest absolute Gasteiger partial charge is 0.136 e. The molecule has 0 aromatic carbocycles. The van der Waals surface area contributed by atoms with Crippen LogP contribution in [0.15, 0.2) is 12.2 Å². The molecule has 0 heterocycles. The zero-order chi connectivity index (χ0) is 7.98. The topological polar surface area (TPSA) is 17.1 Å². The van der Waals surface area contributed by atoms with Crippen molar-refractivity contribution < 1.29 is 4.79 Å². The van der Waals surface area contributed by atoms with Crippen molar-refractivity contribution in [2.45, 2.75) is 33.6 Å². The zero-order valence-corrected chi connectivity index (χ0v) is 7.05. The molecular formula is C9H16O. The fourth-order valence-electron chi connectivity index (χ4n) is 0.859. The van der Waals surface area contributed by atoms with Gasteiger partial charge in [-0.05, 0) is 19.8 Å². The molecule has 0 aliphatic heterocycles. The lowest BCUT2D eigenvalue weighted by Gasteiger charge is -2.02. The fraction of sp³-hybridized carbons (Fsp3) is 0.667. The summed E-state index contributed by atoms with van der Waals surface area (Å²) in [6.07, 6.45) is 5.99. The van der Waals surface area contributed by atoms with Crippen LogP contribution >= 0.6 is 0 Å².